The number of carbonyl (C=O) groups excluding carboxylic acids is 1. The Morgan fingerprint density at radius 2 is 1.57 bits per heavy atom. The molecule has 1 aliphatic rings. The zero-order valence-electron chi connectivity index (χ0n) is 14.8. The van der Waals surface area contributed by atoms with Crippen LogP contribution in [-0.2, 0) is 4.79 Å². The fourth-order valence-corrected chi connectivity index (χ4v) is 4.19. The van der Waals surface area contributed by atoms with Crippen molar-refractivity contribution in [1.29, 1.82) is 0 Å². The molecule has 1 fully saturated rings. The summed E-state index contributed by atoms with van der Waals surface area (Å²) in [7, 11) is 0. The second kappa shape index (κ2) is 11.3. The van der Waals surface area contributed by atoms with Crippen molar-refractivity contribution in [3.63, 3.8) is 0 Å². The fourth-order valence-electron chi connectivity index (χ4n) is 4.19. The summed E-state index contributed by atoms with van der Waals surface area (Å²) in [6, 6.07) is 0. The summed E-state index contributed by atoms with van der Waals surface area (Å²) >= 11 is 0. The Morgan fingerprint density at radius 3 is 2.29 bits per heavy atom. The highest BCUT2D eigenvalue weighted by Gasteiger charge is 2.31. The standard InChI is InChI=1S/C20H38O/c1-4-5-6-10-13-19-16-15-17(2)20(19)14-11-8-7-9-12-18(3)21/h17,19-20H,4-16H2,1-3H3. The summed E-state index contributed by atoms with van der Waals surface area (Å²) in [6.45, 7) is 6.49. The fraction of sp³-hybridized carbons (Fsp3) is 0.950. The van der Waals surface area contributed by atoms with E-state index in [2.05, 4.69) is 13.8 Å². The van der Waals surface area contributed by atoms with Crippen LogP contribution in [0.3, 0.4) is 0 Å². The van der Waals surface area contributed by atoms with Crippen molar-refractivity contribution in [2.24, 2.45) is 17.8 Å². The smallest absolute Gasteiger partial charge is 0.129 e. The molecule has 0 amide bonds. The van der Waals surface area contributed by atoms with Crippen molar-refractivity contribution in [3.05, 3.63) is 0 Å². The lowest BCUT2D eigenvalue weighted by atomic mass is 9.83. The summed E-state index contributed by atoms with van der Waals surface area (Å²) in [5.74, 6) is 3.33. The Hall–Kier alpha value is -0.330. The number of hydrogen-bond donors (Lipinski definition) is 0. The summed E-state index contributed by atoms with van der Waals surface area (Å²) in [6.07, 6.45) is 17.4. The maximum absolute atomic E-state index is 10.9. The molecule has 0 aromatic carbocycles. The number of carbonyl (C=O) groups is 1. The molecule has 21 heavy (non-hydrogen) atoms. The van der Waals surface area contributed by atoms with Gasteiger partial charge in [-0.25, -0.2) is 0 Å². The lowest BCUT2D eigenvalue weighted by Gasteiger charge is -2.23. The number of unbranched alkanes of at least 4 members (excludes halogenated alkanes) is 6. The van der Waals surface area contributed by atoms with Gasteiger partial charge in [0.2, 0.25) is 0 Å². The summed E-state index contributed by atoms with van der Waals surface area (Å²) < 4.78 is 0. The first-order valence-electron chi connectivity index (χ1n) is 9.64. The van der Waals surface area contributed by atoms with Crippen LogP contribution in [0, 0.1) is 17.8 Å². The highest BCUT2D eigenvalue weighted by atomic mass is 16.1. The van der Waals surface area contributed by atoms with Crippen LogP contribution in [0.4, 0.5) is 0 Å². The average molecular weight is 295 g/mol. The van der Waals surface area contributed by atoms with E-state index in [1.807, 2.05) is 0 Å². The quantitative estimate of drug-likeness (QED) is 0.373. The molecule has 0 aromatic rings. The second-order valence-corrected chi connectivity index (χ2v) is 7.48. The first-order valence-corrected chi connectivity index (χ1v) is 9.64. The van der Waals surface area contributed by atoms with Gasteiger partial charge in [-0.1, -0.05) is 71.6 Å². The van der Waals surface area contributed by atoms with Gasteiger partial charge in [0.05, 0.1) is 0 Å². The first-order chi connectivity index (χ1) is 10.1. The third kappa shape index (κ3) is 8.02. The summed E-state index contributed by atoms with van der Waals surface area (Å²) in [5.41, 5.74) is 0. The number of ketones is 1. The molecule has 0 aliphatic heterocycles. The Labute approximate surface area is 133 Å². The molecule has 0 saturated heterocycles. The van der Waals surface area contributed by atoms with E-state index in [9.17, 15) is 4.79 Å². The minimum Gasteiger partial charge on any atom is -0.300 e. The van der Waals surface area contributed by atoms with Crippen molar-refractivity contribution >= 4 is 5.78 Å². The third-order valence-corrected chi connectivity index (χ3v) is 5.57. The van der Waals surface area contributed by atoms with Crippen LogP contribution in [-0.4, -0.2) is 5.78 Å². The molecule has 3 unspecified atom stereocenters. The van der Waals surface area contributed by atoms with E-state index in [1.54, 1.807) is 6.92 Å². The van der Waals surface area contributed by atoms with Crippen molar-refractivity contribution in [1.82, 2.24) is 0 Å². The molecule has 3 atom stereocenters. The van der Waals surface area contributed by atoms with E-state index < -0.39 is 0 Å². The Kier molecular flexibility index (Phi) is 10.0. The SMILES string of the molecule is CCCCCCC1CCC(C)C1CCCCCCC(C)=O. The molecule has 1 saturated carbocycles. The minimum atomic E-state index is 0.353. The van der Waals surface area contributed by atoms with Gasteiger partial charge in [0.15, 0.2) is 0 Å². The Morgan fingerprint density at radius 1 is 0.905 bits per heavy atom. The second-order valence-electron chi connectivity index (χ2n) is 7.48. The van der Waals surface area contributed by atoms with Crippen LogP contribution in [0.15, 0.2) is 0 Å². The highest BCUT2D eigenvalue weighted by Crippen LogP contribution is 2.42. The first kappa shape index (κ1) is 18.7. The van der Waals surface area contributed by atoms with E-state index in [0.29, 0.717) is 5.78 Å². The monoisotopic (exact) mass is 294 g/mol. The third-order valence-electron chi connectivity index (χ3n) is 5.57. The Balaban J connectivity index is 2.13. The molecule has 0 radical (unpaired) electrons. The number of Topliss-reactive ketones (excluding diaryl/α,β-unsaturated/α-hetero) is 1. The predicted molar refractivity (Wildman–Crippen MR) is 92.5 cm³/mol. The van der Waals surface area contributed by atoms with Crippen LogP contribution in [0.25, 0.3) is 0 Å². The van der Waals surface area contributed by atoms with Gasteiger partial charge in [-0.3, -0.25) is 0 Å². The average Bonchev–Trinajstić information content (AvgIpc) is 2.79. The van der Waals surface area contributed by atoms with Crippen LogP contribution in [0.5, 0.6) is 0 Å². The highest BCUT2D eigenvalue weighted by molar-refractivity contribution is 5.75. The van der Waals surface area contributed by atoms with Gasteiger partial charge >= 0.3 is 0 Å². The number of rotatable bonds is 12. The lowest BCUT2D eigenvalue weighted by molar-refractivity contribution is -0.117. The molecule has 1 heteroatoms. The summed E-state index contributed by atoms with van der Waals surface area (Å²) in [5, 5.41) is 0. The largest absolute Gasteiger partial charge is 0.300 e. The van der Waals surface area contributed by atoms with Crippen LogP contribution >= 0.6 is 0 Å². The molecular formula is C20H38O. The van der Waals surface area contributed by atoms with Gasteiger partial charge in [-0.15, -0.1) is 0 Å². The van der Waals surface area contributed by atoms with Crippen molar-refractivity contribution in [3.8, 4) is 0 Å². The summed E-state index contributed by atoms with van der Waals surface area (Å²) in [4.78, 5) is 10.9. The minimum absolute atomic E-state index is 0.353. The van der Waals surface area contributed by atoms with Crippen LogP contribution in [0.2, 0.25) is 0 Å². The molecule has 0 heterocycles. The molecule has 0 spiro atoms. The molecule has 124 valence electrons. The van der Waals surface area contributed by atoms with Gasteiger partial charge < -0.3 is 4.79 Å². The molecule has 0 aromatic heterocycles. The molecule has 0 N–H and O–H groups in total. The van der Waals surface area contributed by atoms with Crippen molar-refractivity contribution < 1.29 is 4.79 Å². The van der Waals surface area contributed by atoms with E-state index >= 15 is 0 Å². The van der Waals surface area contributed by atoms with E-state index in [1.165, 1.54) is 70.6 Å². The zero-order valence-corrected chi connectivity index (χ0v) is 14.8. The maximum atomic E-state index is 10.9. The van der Waals surface area contributed by atoms with E-state index in [0.717, 1.165) is 30.6 Å². The van der Waals surface area contributed by atoms with Crippen molar-refractivity contribution in [2.45, 2.75) is 104 Å². The van der Waals surface area contributed by atoms with Gasteiger partial charge in [0, 0.05) is 6.42 Å². The van der Waals surface area contributed by atoms with E-state index in [4.69, 9.17) is 0 Å². The Bertz CT molecular complexity index is 271. The molecule has 1 rings (SSSR count). The number of hydrogen-bond acceptors (Lipinski definition) is 1. The maximum Gasteiger partial charge on any atom is 0.129 e. The topological polar surface area (TPSA) is 17.1 Å². The van der Waals surface area contributed by atoms with Crippen LogP contribution < -0.4 is 0 Å². The molecule has 0 bridgehead atoms. The van der Waals surface area contributed by atoms with Gasteiger partial charge in [0.25, 0.3) is 0 Å². The molecular weight excluding hydrogens is 256 g/mol. The zero-order chi connectivity index (χ0) is 15.5. The molecule has 1 nitrogen and oxygen atoms in total. The lowest BCUT2D eigenvalue weighted by Crippen LogP contribution is -2.13. The molecule has 1 aliphatic carbocycles. The normalized spacial score (nSPS) is 25.4. The van der Waals surface area contributed by atoms with Gasteiger partial charge in [-0.2, -0.15) is 0 Å². The van der Waals surface area contributed by atoms with Crippen LogP contribution in [0.1, 0.15) is 104 Å². The van der Waals surface area contributed by atoms with Crippen molar-refractivity contribution in [2.75, 3.05) is 0 Å². The van der Waals surface area contributed by atoms with Gasteiger partial charge in [-0.05, 0) is 43.9 Å². The van der Waals surface area contributed by atoms with E-state index in [-0.39, 0.29) is 0 Å². The van der Waals surface area contributed by atoms with Gasteiger partial charge in [0.1, 0.15) is 5.78 Å². The predicted octanol–water partition coefficient (Wildman–Crippen LogP) is 6.55.